The molecule has 4 N–H and O–H groups in total. The fourth-order valence-corrected chi connectivity index (χ4v) is 3.38. The van der Waals surface area contributed by atoms with Gasteiger partial charge in [0.15, 0.2) is 0 Å². The van der Waals surface area contributed by atoms with Crippen LogP contribution in [-0.2, 0) is 4.79 Å². The van der Waals surface area contributed by atoms with E-state index in [1.54, 1.807) is 19.2 Å². The molecule has 0 saturated carbocycles. The molecule has 1 unspecified atom stereocenters. The summed E-state index contributed by atoms with van der Waals surface area (Å²) < 4.78 is 13.2. The van der Waals surface area contributed by atoms with E-state index in [0.29, 0.717) is 12.2 Å². The number of carbonyl (C=O) groups excluding carboxylic acids is 1. The third kappa shape index (κ3) is 2.85. The minimum Gasteiger partial charge on any atom is -0.324 e. The van der Waals surface area contributed by atoms with Crippen molar-refractivity contribution in [2.75, 3.05) is 25.5 Å². The molecule has 0 spiro atoms. The fraction of sp³-hybridized carbons (Fsp3) is 0.263. The Bertz CT molecular complexity index is 944. The number of anilines is 1. The van der Waals surface area contributed by atoms with E-state index in [2.05, 4.69) is 26.1 Å². The Labute approximate surface area is 150 Å². The molecule has 1 atom stereocenters. The largest absolute Gasteiger partial charge is 0.324 e. The van der Waals surface area contributed by atoms with Gasteiger partial charge in [0.25, 0.3) is 0 Å². The van der Waals surface area contributed by atoms with Crippen molar-refractivity contribution in [1.82, 2.24) is 20.8 Å². The van der Waals surface area contributed by atoms with Gasteiger partial charge in [-0.2, -0.15) is 5.10 Å². The number of benzene rings is 2. The zero-order chi connectivity index (χ0) is 18.1. The topological polar surface area (TPSA) is 81.8 Å². The molecule has 0 radical (unpaired) electrons. The Morgan fingerprint density at radius 3 is 2.73 bits per heavy atom. The SMILES string of the molecule is CNC1(C(=O)Nc2ccc3[nH]nc(-c4ccc(F)cc4)c3c2)CCNC1. The van der Waals surface area contributed by atoms with Crippen molar-refractivity contribution in [3.63, 3.8) is 0 Å². The lowest BCUT2D eigenvalue weighted by atomic mass is 9.97. The Morgan fingerprint density at radius 2 is 2.04 bits per heavy atom. The van der Waals surface area contributed by atoms with Crippen LogP contribution in [0.4, 0.5) is 10.1 Å². The van der Waals surface area contributed by atoms with Crippen molar-refractivity contribution in [1.29, 1.82) is 0 Å². The number of nitrogens with one attached hydrogen (secondary N) is 4. The van der Waals surface area contributed by atoms with Gasteiger partial charge in [0.2, 0.25) is 5.91 Å². The Hall–Kier alpha value is -2.77. The number of aromatic nitrogens is 2. The highest BCUT2D eigenvalue weighted by atomic mass is 19.1. The molecule has 1 saturated heterocycles. The van der Waals surface area contributed by atoms with Gasteiger partial charge in [-0.1, -0.05) is 0 Å². The number of hydrogen-bond acceptors (Lipinski definition) is 4. The summed E-state index contributed by atoms with van der Waals surface area (Å²) in [5.74, 6) is -0.347. The van der Waals surface area contributed by atoms with Crippen molar-refractivity contribution in [2.24, 2.45) is 0 Å². The molecule has 4 rings (SSSR count). The number of nitrogens with zero attached hydrogens (tertiary/aromatic N) is 1. The summed E-state index contributed by atoms with van der Waals surface area (Å²) in [6.45, 7) is 1.41. The molecule has 1 fully saturated rings. The van der Waals surface area contributed by atoms with Crippen molar-refractivity contribution in [2.45, 2.75) is 12.0 Å². The van der Waals surface area contributed by atoms with E-state index in [-0.39, 0.29) is 11.7 Å². The lowest BCUT2D eigenvalue weighted by Crippen LogP contribution is -2.54. The summed E-state index contributed by atoms with van der Waals surface area (Å²) in [6, 6.07) is 11.8. The van der Waals surface area contributed by atoms with Crippen molar-refractivity contribution in [3.05, 3.63) is 48.3 Å². The second kappa shape index (κ2) is 6.51. The first kappa shape index (κ1) is 16.7. The molecule has 7 heteroatoms. The third-order valence-corrected chi connectivity index (χ3v) is 5.01. The molecular weight excluding hydrogens is 333 g/mol. The quantitative estimate of drug-likeness (QED) is 0.580. The van der Waals surface area contributed by atoms with Crippen LogP contribution in [0.25, 0.3) is 22.2 Å². The number of H-pyrrole nitrogens is 1. The van der Waals surface area contributed by atoms with E-state index in [9.17, 15) is 9.18 Å². The fourth-order valence-electron chi connectivity index (χ4n) is 3.38. The molecule has 1 aliphatic rings. The molecule has 6 nitrogen and oxygen atoms in total. The molecule has 26 heavy (non-hydrogen) atoms. The second-order valence-electron chi connectivity index (χ2n) is 6.55. The molecule has 134 valence electrons. The lowest BCUT2D eigenvalue weighted by molar-refractivity contribution is -0.121. The summed E-state index contributed by atoms with van der Waals surface area (Å²) in [5, 5.41) is 17.6. The maximum absolute atomic E-state index is 13.2. The molecule has 2 heterocycles. The molecular formula is C19H20FN5O. The maximum atomic E-state index is 13.2. The summed E-state index contributed by atoms with van der Waals surface area (Å²) in [4.78, 5) is 12.8. The number of amides is 1. The number of hydrogen-bond donors (Lipinski definition) is 4. The van der Waals surface area contributed by atoms with Gasteiger partial charge in [-0.15, -0.1) is 0 Å². The van der Waals surface area contributed by atoms with Crippen LogP contribution in [0, 0.1) is 5.82 Å². The number of carbonyl (C=O) groups is 1. The van der Waals surface area contributed by atoms with Crippen LogP contribution >= 0.6 is 0 Å². The van der Waals surface area contributed by atoms with Crippen LogP contribution in [-0.4, -0.2) is 41.8 Å². The Balaban J connectivity index is 1.66. The van der Waals surface area contributed by atoms with Crippen molar-refractivity contribution < 1.29 is 9.18 Å². The molecule has 3 aromatic rings. The molecule has 0 aliphatic carbocycles. The second-order valence-corrected chi connectivity index (χ2v) is 6.55. The van der Waals surface area contributed by atoms with Crippen LogP contribution in [0.5, 0.6) is 0 Å². The van der Waals surface area contributed by atoms with Gasteiger partial charge < -0.3 is 16.0 Å². The maximum Gasteiger partial charge on any atom is 0.246 e. The minimum absolute atomic E-state index is 0.0591. The van der Waals surface area contributed by atoms with Gasteiger partial charge in [-0.3, -0.25) is 9.89 Å². The van der Waals surface area contributed by atoms with Crippen LogP contribution in [0.2, 0.25) is 0 Å². The van der Waals surface area contributed by atoms with Gasteiger partial charge in [-0.05, 0) is 62.5 Å². The number of halogens is 1. The van der Waals surface area contributed by atoms with E-state index >= 15 is 0 Å². The summed E-state index contributed by atoms with van der Waals surface area (Å²) in [5.41, 5.74) is 2.50. The highest BCUT2D eigenvalue weighted by Gasteiger charge is 2.39. The molecule has 1 aromatic heterocycles. The predicted octanol–water partition coefficient (Wildman–Crippen LogP) is 2.26. The van der Waals surface area contributed by atoms with Crippen molar-refractivity contribution in [3.8, 4) is 11.3 Å². The molecule has 0 bridgehead atoms. The Morgan fingerprint density at radius 1 is 1.23 bits per heavy atom. The van der Waals surface area contributed by atoms with Gasteiger partial charge in [-0.25, -0.2) is 4.39 Å². The van der Waals surface area contributed by atoms with Gasteiger partial charge in [0.1, 0.15) is 11.4 Å². The standard InChI is InChI=1S/C19H20FN5O/c1-21-19(8-9-22-11-19)18(26)23-14-6-7-16-15(10-14)17(25-24-16)12-2-4-13(20)5-3-12/h2-7,10,21-22H,8-9,11H2,1H3,(H,23,26)(H,24,25). The van der Waals surface area contributed by atoms with Crippen LogP contribution in [0.1, 0.15) is 6.42 Å². The average molecular weight is 353 g/mol. The smallest absolute Gasteiger partial charge is 0.246 e. The number of aromatic amines is 1. The van der Waals surface area contributed by atoms with Crippen molar-refractivity contribution >= 4 is 22.5 Å². The van der Waals surface area contributed by atoms with E-state index in [1.165, 1.54) is 12.1 Å². The third-order valence-electron chi connectivity index (χ3n) is 5.01. The average Bonchev–Trinajstić information content (AvgIpc) is 3.30. The van der Waals surface area contributed by atoms with Crippen LogP contribution in [0.15, 0.2) is 42.5 Å². The van der Waals surface area contributed by atoms with E-state index in [0.717, 1.165) is 35.1 Å². The highest BCUT2D eigenvalue weighted by molar-refractivity contribution is 6.01. The Kier molecular flexibility index (Phi) is 4.18. The first-order valence-electron chi connectivity index (χ1n) is 8.56. The van der Waals surface area contributed by atoms with E-state index < -0.39 is 5.54 Å². The number of likely N-dealkylation sites (N-methyl/N-ethyl adjacent to an activating group) is 1. The molecule has 1 aliphatic heterocycles. The zero-order valence-electron chi connectivity index (χ0n) is 14.4. The van der Waals surface area contributed by atoms with Gasteiger partial charge in [0, 0.05) is 23.2 Å². The van der Waals surface area contributed by atoms with Crippen LogP contribution in [0.3, 0.4) is 0 Å². The lowest BCUT2D eigenvalue weighted by Gasteiger charge is -2.26. The zero-order valence-corrected chi connectivity index (χ0v) is 14.4. The van der Waals surface area contributed by atoms with Gasteiger partial charge in [0.05, 0.1) is 11.2 Å². The number of rotatable bonds is 4. The molecule has 2 aromatic carbocycles. The first-order chi connectivity index (χ1) is 12.6. The van der Waals surface area contributed by atoms with E-state index in [1.807, 2.05) is 18.2 Å². The summed E-state index contributed by atoms with van der Waals surface area (Å²) in [7, 11) is 1.80. The van der Waals surface area contributed by atoms with E-state index in [4.69, 9.17) is 0 Å². The monoisotopic (exact) mass is 353 g/mol. The normalized spacial score (nSPS) is 19.8. The molecule has 1 amide bonds. The highest BCUT2D eigenvalue weighted by Crippen LogP contribution is 2.29. The first-order valence-corrected chi connectivity index (χ1v) is 8.56. The van der Waals surface area contributed by atoms with Gasteiger partial charge >= 0.3 is 0 Å². The number of fused-ring (bicyclic) bond motifs is 1. The summed E-state index contributed by atoms with van der Waals surface area (Å²) in [6.07, 6.45) is 0.740. The predicted molar refractivity (Wildman–Crippen MR) is 99.4 cm³/mol. The summed E-state index contributed by atoms with van der Waals surface area (Å²) >= 11 is 0. The van der Waals surface area contributed by atoms with Crippen LogP contribution < -0.4 is 16.0 Å². The minimum atomic E-state index is -0.592.